The molecule has 0 saturated heterocycles. The molecule has 0 heterocycles. The van der Waals surface area contributed by atoms with Gasteiger partial charge in [-0.15, -0.1) is 0 Å². The quantitative estimate of drug-likeness (QED) is 0.861. The molecule has 1 amide bonds. The molecule has 126 valence electrons. The maximum atomic E-state index is 12.8. The topological polar surface area (TPSA) is 60.2 Å². The minimum atomic E-state index is -0.434. The number of hydrogen-bond donors (Lipinski definition) is 1. The van der Waals surface area contributed by atoms with Gasteiger partial charge in [-0.25, -0.2) is 0 Å². The highest BCUT2D eigenvalue weighted by atomic mass is 16.1. The number of ketones is 1. The van der Waals surface area contributed by atoms with Gasteiger partial charge in [0.05, 0.1) is 0 Å². The van der Waals surface area contributed by atoms with E-state index >= 15 is 0 Å². The summed E-state index contributed by atoms with van der Waals surface area (Å²) in [5.41, 5.74) is 7.68. The molecule has 1 aromatic carbocycles. The summed E-state index contributed by atoms with van der Waals surface area (Å²) in [6.45, 7) is 6.46. The highest BCUT2D eigenvalue weighted by molar-refractivity contribution is 6.05. The molecule has 2 aliphatic rings. The van der Waals surface area contributed by atoms with Crippen LogP contribution < -0.4 is 5.73 Å². The van der Waals surface area contributed by atoms with Crippen LogP contribution in [0.15, 0.2) is 53.6 Å². The molecule has 2 bridgehead atoms. The fourth-order valence-electron chi connectivity index (χ4n) is 4.35. The lowest BCUT2D eigenvalue weighted by atomic mass is 9.70. The molecule has 0 aliphatic heterocycles. The second-order valence-corrected chi connectivity index (χ2v) is 7.81. The predicted molar refractivity (Wildman–Crippen MR) is 95.1 cm³/mol. The second-order valence-electron chi connectivity index (χ2n) is 7.81. The first-order chi connectivity index (χ1) is 11.3. The fourth-order valence-corrected chi connectivity index (χ4v) is 4.35. The van der Waals surface area contributed by atoms with Gasteiger partial charge in [0.15, 0.2) is 5.78 Å². The zero-order chi connectivity index (χ0) is 17.5. The number of nitrogens with two attached hydrogens (primary N) is 1. The van der Waals surface area contributed by atoms with Gasteiger partial charge in [-0.3, -0.25) is 9.59 Å². The molecule has 24 heavy (non-hydrogen) atoms. The lowest BCUT2D eigenvalue weighted by Gasteiger charge is -2.31. The molecule has 2 N–H and O–H groups in total. The Bertz CT molecular complexity index is 742. The Morgan fingerprint density at radius 3 is 2.46 bits per heavy atom. The molecule has 0 radical (unpaired) electrons. The number of Topliss-reactive ketones (excluding diaryl/α,β-unsaturated/α-hetero) is 1. The second kappa shape index (κ2) is 5.73. The average molecular weight is 323 g/mol. The molecule has 2 fully saturated rings. The zero-order valence-corrected chi connectivity index (χ0v) is 14.6. The summed E-state index contributed by atoms with van der Waals surface area (Å²) in [6, 6.07) is 9.76. The summed E-state index contributed by atoms with van der Waals surface area (Å²) in [7, 11) is 0. The van der Waals surface area contributed by atoms with Gasteiger partial charge in [-0.2, -0.15) is 0 Å². The third kappa shape index (κ3) is 2.43. The molecule has 2 atom stereocenters. The zero-order valence-electron chi connectivity index (χ0n) is 14.6. The number of primary amides is 1. The maximum absolute atomic E-state index is 12.8. The molecule has 3 rings (SSSR count). The lowest BCUT2D eigenvalue weighted by molar-refractivity contribution is -0.125. The number of allylic oxidation sites excluding steroid dienone is 3. The van der Waals surface area contributed by atoms with Crippen molar-refractivity contribution in [2.45, 2.75) is 40.0 Å². The maximum Gasteiger partial charge on any atom is 0.244 e. The van der Waals surface area contributed by atoms with Crippen molar-refractivity contribution in [1.29, 1.82) is 0 Å². The van der Waals surface area contributed by atoms with E-state index in [2.05, 4.69) is 20.8 Å². The molecule has 3 nitrogen and oxygen atoms in total. The van der Waals surface area contributed by atoms with Gasteiger partial charge in [-0.1, -0.05) is 63.3 Å². The van der Waals surface area contributed by atoms with Crippen LogP contribution in [-0.2, 0) is 16.0 Å². The highest BCUT2D eigenvalue weighted by Gasteiger charge is 2.63. The van der Waals surface area contributed by atoms with E-state index in [9.17, 15) is 9.59 Å². The van der Waals surface area contributed by atoms with E-state index in [1.807, 2.05) is 36.4 Å². The average Bonchev–Trinajstić information content (AvgIpc) is 2.85. The number of carbonyl (C=O) groups excluding carboxylic acids is 2. The van der Waals surface area contributed by atoms with Crippen molar-refractivity contribution in [3.8, 4) is 0 Å². The Morgan fingerprint density at radius 1 is 1.25 bits per heavy atom. The van der Waals surface area contributed by atoms with Crippen LogP contribution >= 0.6 is 0 Å². The standard InChI is InChI=1S/C21H25NO2/c1-20(2)17-11-12-21(20,3)18(23)16(17)10-9-15(19(22)24)13-14-7-5-4-6-8-14/h4-10,17H,11-13H2,1-3H3,(H2,22,24). The van der Waals surface area contributed by atoms with Crippen molar-refractivity contribution in [2.75, 3.05) is 0 Å². The van der Waals surface area contributed by atoms with Crippen molar-refractivity contribution in [3.05, 3.63) is 59.2 Å². The first-order valence-electron chi connectivity index (χ1n) is 8.56. The van der Waals surface area contributed by atoms with Gasteiger partial charge in [0, 0.05) is 17.4 Å². The van der Waals surface area contributed by atoms with Crippen LogP contribution in [0.3, 0.4) is 0 Å². The Hall–Kier alpha value is -2.16. The van der Waals surface area contributed by atoms with Crippen LogP contribution in [0.1, 0.15) is 39.2 Å². The first kappa shape index (κ1) is 16.7. The molecule has 2 aliphatic carbocycles. The summed E-state index contributed by atoms with van der Waals surface area (Å²) in [4.78, 5) is 24.6. The molecule has 0 spiro atoms. The van der Waals surface area contributed by atoms with E-state index in [4.69, 9.17) is 5.73 Å². The van der Waals surface area contributed by atoms with Crippen LogP contribution in [0.5, 0.6) is 0 Å². The van der Waals surface area contributed by atoms with Crippen molar-refractivity contribution >= 4 is 11.7 Å². The SMILES string of the molecule is CC12CCC(C(=CC=C(Cc3ccccc3)C(N)=O)C1=O)C2(C)C. The Labute approximate surface area is 143 Å². The smallest absolute Gasteiger partial charge is 0.244 e. The number of carbonyl (C=O) groups is 2. The van der Waals surface area contributed by atoms with Crippen molar-refractivity contribution in [1.82, 2.24) is 0 Å². The van der Waals surface area contributed by atoms with E-state index in [0.29, 0.717) is 12.0 Å². The molecule has 1 aromatic rings. The van der Waals surface area contributed by atoms with E-state index in [1.54, 1.807) is 6.08 Å². The normalized spacial score (nSPS) is 30.1. The van der Waals surface area contributed by atoms with Crippen LogP contribution in [-0.4, -0.2) is 11.7 Å². The number of rotatable bonds is 4. The van der Waals surface area contributed by atoms with Gasteiger partial charge >= 0.3 is 0 Å². The summed E-state index contributed by atoms with van der Waals surface area (Å²) in [6.07, 6.45) is 6.08. The Kier molecular flexibility index (Phi) is 3.98. The predicted octanol–water partition coefficient (Wildman–Crippen LogP) is 3.59. The van der Waals surface area contributed by atoms with E-state index in [1.165, 1.54) is 0 Å². The minimum Gasteiger partial charge on any atom is -0.366 e. The summed E-state index contributed by atoms with van der Waals surface area (Å²) < 4.78 is 0. The van der Waals surface area contributed by atoms with E-state index < -0.39 is 5.91 Å². The number of hydrogen-bond acceptors (Lipinski definition) is 2. The van der Waals surface area contributed by atoms with Crippen molar-refractivity contribution in [2.24, 2.45) is 22.5 Å². The van der Waals surface area contributed by atoms with Crippen LogP contribution in [0.2, 0.25) is 0 Å². The molecular weight excluding hydrogens is 298 g/mol. The monoisotopic (exact) mass is 323 g/mol. The number of amides is 1. The molecular formula is C21H25NO2. The van der Waals surface area contributed by atoms with E-state index in [0.717, 1.165) is 24.0 Å². The van der Waals surface area contributed by atoms with Gasteiger partial charge < -0.3 is 5.73 Å². The Balaban J connectivity index is 1.91. The minimum absolute atomic E-state index is 0.0178. The van der Waals surface area contributed by atoms with Crippen LogP contribution in [0.25, 0.3) is 0 Å². The third-order valence-corrected chi connectivity index (χ3v) is 6.38. The summed E-state index contributed by atoms with van der Waals surface area (Å²) >= 11 is 0. The van der Waals surface area contributed by atoms with E-state index in [-0.39, 0.29) is 22.5 Å². The van der Waals surface area contributed by atoms with Gasteiger partial charge in [-0.05, 0) is 35.3 Å². The van der Waals surface area contributed by atoms with Crippen molar-refractivity contribution < 1.29 is 9.59 Å². The van der Waals surface area contributed by atoms with Crippen LogP contribution in [0, 0.1) is 16.7 Å². The highest BCUT2D eigenvalue weighted by Crippen LogP contribution is 2.65. The van der Waals surface area contributed by atoms with Crippen molar-refractivity contribution in [3.63, 3.8) is 0 Å². The van der Waals surface area contributed by atoms with Gasteiger partial charge in [0.2, 0.25) is 5.91 Å². The molecule has 3 heteroatoms. The molecule has 2 saturated carbocycles. The summed E-state index contributed by atoms with van der Waals surface area (Å²) in [5.74, 6) is 0.0809. The van der Waals surface area contributed by atoms with Crippen LogP contribution in [0.4, 0.5) is 0 Å². The third-order valence-electron chi connectivity index (χ3n) is 6.38. The fraction of sp³-hybridized carbons (Fsp3) is 0.429. The number of fused-ring (bicyclic) bond motifs is 2. The molecule has 0 aromatic heterocycles. The number of benzene rings is 1. The largest absolute Gasteiger partial charge is 0.366 e. The lowest BCUT2D eigenvalue weighted by Crippen LogP contribution is -2.32. The van der Waals surface area contributed by atoms with Gasteiger partial charge in [0.25, 0.3) is 0 Å². The summed E-state index contributed by atoms with van der Waals surface area (Å²) in [5, 5.41) is 0. The molecule has 2 unspecified atom stereocenters. The first-order valence-corrected chi connectivity index (χ1v) is 8.56. The van der Waals surface area contributed by atoms with Gasteiger partial charge in [0.1, 0.15) is 0 Å². The Morgan fingerprint density at radius 2 is 1.92 bits per heavy atom.